The fraction of sp³-hybridized carbons (Fsp3) is 0.400. The zero-order valence-electron chi connectivity index (χ0n) is 10.8. The van der Waals surface area contributed by atoms with Gasteiger partial charge < -0.3 is 15.1 Å². The Bertz CT molecular complexity index is 591. The van der Waals surface area contributed by atoms with Crippen molar-refractivity contribution < 1.29 is 9.21 Å². The van der Waals surface area contributed by atoms with E-state index in [-0.39, 0.29) is 5.91 Å². The first kappa shape index (κ1) is 12.2. The lowest BCUT2D eigenvalue weighted by atomic mass is 10.1. The van der Waals surface area contributed by atoms with Gasteiger partial charge in [-0.05, 0) is 42.6 Å². The Balaban J connectivity index is 1.64. The summed E-state index contributed by atoms with van der Waals surface area (Å²) in [6, 6.07) is 8.13. The van der Waals surface area contributed by atoms with Crippen molar-refractivity contribution in [1.82, 2.24) is 4.90 Å². The topological polar surface area (TPSA) is 59.5 Å². The summed E-state index contributed by atoms with van der Waals surface area (Å²) in [6.45, 7) is 2.19. The Labute approximate surface area is 112 Å². The number of hydrogen-bond acceptors (Lipinski definition) is 3. The maximum absolute atomic E-state index is 11.8. The molecule has 1 aliphatic heterocycles. The molecule has 0 spiro atoms. The lowest BCUT2D eigenvalue weighted by molar-refractivity contribution is -0.127. The number of rotatable bonds is 4. The monoisotopic (exact) mass is 258 g/mol. The predicted molar refractivity (Wildman–Crippen MR) is 73.7 cm³/mol. The van der Waals surface area contributed by atoms with Crippen LogP contribution in [0.5, 0.6) is 0 Å². The zero-order chi connectivity index (χ0) is 13.2. The van der Waals surface area contributed by atoms with Crippen LogP contribution in [0.4, 0.5) is 0 Å². The van der Waals surface area contributed by atoms with Crippen LogP contribution in [0, 0.1) is 5.92 Å². The molecule has 1 aromatic carbocycles. The molecule has 1 fully saturated rings. The molecular formula is C15H18N2O2. The summed E-state index contributed by atoms with van der Waals surface area (Å²) in [7, 11) is 0. The van der Waals surface area contributed by atoms with Crippen molar-refractivity contribution in [3.63, 3.8) is 0 Å². The van der Waals surface area contributed by atoms with Crippen LogP contribution in [0.2, 0.25) is 0 Å². The highest BCUT2D eigenvalue weighted by Gasteiger charge is 2.27. The van der Waals surface area contributed by atoms with Gasteiger partial charge in [0.1, 0.15) is 5.58 Å². The van der Waals surface area contributed by atoms with Crippen LogP contribution in [0.1, 0.15) is 12.0 Å². The highest BCUT2D eigenvalue weighted by atomic mass is 16.3. The number of amides is 1. The molecular weight excluding hydrogens is 240 g/mol. The van der Waals surface area contributed by atoms with E-state index in [0.29, 0.717) is 18.9 Å². The zero-order valence-corrected chi connectivity index (χ0v) is 10.8. The van der Waals surface area contributed by atoms with Crippen LogP contribution in [0.15, 0.2) is 34.9 Å². The van der Waals surface area contributed by atoms with Gasteiger partial charge in [0.2, 0.25) is 5.91 Å². The third kappa shape index (κ3) is 2.49. The van der Waals surface area contributed by atoms with Gasteiger partial charge in [0, 0.05) is 24.9 Å². The maximum Gasteiger partial charge on any atom is 0.222 e. The third-order valence-corrected chi connectivity index (χ3v) is 3.82. The highest BCUT2D eigenvalue weighted by molar-refractivity contribution is 5.79. The average Bonchev–Trinajstić information content (AvgIpc) is 3.02. The fourth-order valence-corrected chi connectivity index (χ4v) is 2.66. The standard InChI is InChI=1S/C15H18N2O2/c16-9-12-8-15(18)17(10-12)5-3-11-1-2-14-13(7-11)4-6-19-14/h1-2,4,6-7,12H,3,5,8-10,16H2. The van der Waals surface area contributed by atoms with Crippen molar-refractivity contribution in [2.24, 2.45) is 11.7 Å². The van der Waals surface area contributed by atoms with Crippen LogP contribution in [0.3, 0.4) is 0 Å². The molecule has 0 radical (unpaired) electrons. The SMILES string of the molecule is NCC1CC(=O)N(CCc2ccc3occc3c2)C1. The second kappa shape index (κ2) is 5.05. The number of carbonyl (C=O) groups is 1. The Morgan fingerprint density at radius 3 is 3.05 bits per heavy atom. The first-order valence-electron chi connectivity index (χ1n) is 6.70. The second-order valence-electron chi connectivity index (χ2n) is 5.19. The minimum absolute atomic E-state index is 0.236. The van der Waals surface area contributed by atoms with Gasteiger partial charge in [-0.2, -0.15) is 0 Å². The molecule has 2 aromatic rings. The Hall–Kier alpha value is -1.81. The molecule has 2 N–H and O–H groups in total. The molecule has 19 heavy (non-hydrogen) atoms. The lowest BCUT2D eigenvalue weighted by Gasteiger charge is -2.16. The number of likely N-dealkylation sites (tertiary alicyclic amines) is 1. The van der Waals surface area contributed by atoms with Crippen molar-refractivity contribution >= 4 is 16.9 Å². The van der Waals surface area contributed by atoms with Crippen LogP contribution < -0.4 is 5.73 Å². The first-order chi connectivity index (χ1) is 9.26. The minimum atomic E-state index is 0.236. The number of nitrogens with zero attached hydrogens (tertiary/aromatic N) is 1. The van der Waals surface area contributed by atoms with Gasteiger partial charge in [-0.25, -0.2) is 0 Å². The molecule has 2 heterocycles. The number of carbonyl (C=O) groups excluding carboxylic acids is 1. The van der Waals surface area contributed by atoms with Gasteiger partial charge in [-0.3, -0.25) is 4.79 Å². The minimum Gasteiger partial charge on any atom is -0.464 e. The quantitative estimate of drug-likeness (QED) is 0.909. The summed E-state index contributed by atoms with van der Waals surface area (Å²) in [6.07, 6.45) is 3.19. The van der Waals surface area contributed by atoms with Gasteiger partial charge in [-0.15, -0.1) is 0 Å². The van der Waals surface area contributed by atoms with E-state index < -0.39 is 0 Å². The summed E-state index contributed by atoms with van der Waals surface area (Å²) < 4.78 is 5.32. The lowest BCUT2D eigenvalue weighted by Crippen LogP contribution is -2.28. The van der Waals surface area contributed by atoms with Crippen LogP contribution in [-0.4, -0.2) is 30.4 Å². The Kier molecular flexibility index (Phi) is 3.25. The molecule has 1 unspecified atom stereocenters. The molecule has 1 saturated heterocycles. The van der Waals surface area contributed by atoms with E-state index in [2.05, 4.69) is 12.1 Å². The summed E-state index contributed by atoms with van der Waals surface area (Å²) in [5, 5.41) is 1.12. The van der Waals surface area contributed by atoms with E-state index in [1.54, 1.807) is 6.26 Å². The van der Waals surface area contributed by atoms with Crippen molar-refractivity contribution in [3.05, 3.63) is 36.1 Å². The highest BCUT2D eigenvalue weighted by Crippen LogP contribution is 2.19. The normalized spacial score (nSPS) is 19.5. The molecule has 0 saturated carbocycles. The van der Waals surface area contributed by atoms with Gasteiger partial charge in [-0.1, -0.05) is 6.07 Å². The van der Waals surface area contributed by atoms with Crippen molar-refractivity contribution in [3.8, 4) is 0 Å². The third-order valence-electron chi connectivity index (χ3n) is 3.82. The summed E-state index contributed by atoms with van der Waals surface area (Å²) in [5.41, 5.74) is 7.77. The van der Waals surface area contributed by atoms with Crippen molar-refractivity contribution in [2.75, 3.05) is 19.6 Å². The fourth-order valence-electron chi connectivity index (χ4n) is 2.66. The number of furan rings is 1. The number of hydrogen-bond donors (Lipinski definition) is 1. The van der Waals surface area contributed by atoms with E-state index in [1.807, 2.05) is 17.0 Å². The molecule has 1 amide bonds. The molecule has 1 aliphatic rings. The Morgan fingerprint density at radius 1 is 1.37 bits per heavy atom. The molecule has 3 rings (SSSR count). The number of nitrogens with two attached hydrogens (primary N) is 1. The molecule has 4 nitrogen and oxygen atoms in total. The molecule has 0 bridgehead atoms. The van der Waals surface area contributed by atoms with Crippen molar-refractivity contribution in [1.29, 1.82) is 0 Å². The molecule has 0 aliphatic carbocycles. The molecule has 1 aromatic heterocycles. The van der Waals surface area contributed by atoms with Gasteiger partial charge in [0.05, 0.1) is 6.26 Å². The van der Waals surface area contributed by atoms with E-state index in [0.717, 1.165) is 30.5 Å². The van der Waals surface area contributed by atoms with E-state index in [1.165, 1.54) is 5.56 Å². The molecule has 4 heteroatoms. The summed E-state index contributed by atoms with van der Waals surface area (Å²) in [4.78, 5) is 13.7. The average molecular weight is 258 g/mol. The van der Waals surface area contributed by atoms with Crippen molar-refractivity contribution in [2.45, 2.75) is 12.8 Å². The first-order valence-corrected chi connectivity index (χ1v) is 6.70. The van der Waals surface area contributed by atoms with Crippen LogP contribution >= 0.6 is 0 Å². The second-order valence-corrected chi connectivity index (χ2v) is 5.19. The van der Waals surface area contributed by atoms with Crippen LogP contribution in [-0.2, 0) is 11.2 Å². The van der Waals surface area contributed by atoms with Crippen LogP contribution in [0.25, 0.3) is 11.0 Å². The van der Waals surface area contributed by atoms with E-state index in [4.69, 9.17) is 10.2 Å². The smallest absolute Gasteiger partial charge is 0.222 e. The molecule has 100 valence electrons. The largest absolute Gasteiger partial charge is 0.464 e. The Morgan fingerprint density at radius 2 is 2.26 bits per heavy atom. The maximum atomic E-state index is 11.8. The number of benzene rings is 1. The number of fused-ring (bicyclic) bond motifs is 1. The van der Waals surface area contributed by atoms with E-state index in [9.17, 15) is 4.79 Å². The van der Waals surface area contributed by atoms with Gasteiger partial charge >= 0.3 is 0 Å². The summed E-state index contributed by atoms with van der Waals surface area (Å²) in [5.74, 6) is 0.573. The molecule has 1 atom stereocenters. The summed E-state index contributed by atoms with van der Waals surface area (Å²) >= 11 is 0. The van der Waals surface area contributed by atoms with E-state index >= 15 is 0 Å². The van der Waals surface area contributed by atoms with Gasteiger partial charge in [0.15, 0.2) is 0 Å². The predicted octanol–water partition coefficient (Wildman–Crippen LogP) is 1.78. The van der Waals surface area contributed by atoms with Gasteiger partial charge in [0.25, 0.3) is 0 Å².